The third-order valence-corrected chi connectivity index (χ3v) is 3.27. The van der Waals surface area contributed by atoms with Gasteiger partial charge in [0.1, 0.15) is 0 Å². The first-order valence-electron chi connectivity index (χ1n) is 4.81. The maximum atomic E-state index is 12.8. The quantitative estimate of drug-likeness (QED) is 0.785. The lowest BCUT2D eigenvalue weighted by Gasteiger charge is -2.10. The van der Waals surface area contributed by atoms with E-state index >= 15 is 0 Å². The number of H-pyrrole nitrogens is 1. The predicted molar refractivity (Wildman–Crippen MR) is 59.4 cm³/mol. The highest BCUT2D eigenvalue weighted by Crippen LogP contribution is 2.33. The van der Waals surface area contributed by atoms with E-state index in [0.717, 1.165) is 12.1 Å². The SMILES string of the molecule is O=c1cc(C(F)(F)F)c2cc(S(=O)(=O)O)ccc2[nH]1. The van der Waals surface area contributed by atoms with Crippen LogP contribution in [0.2, 0.25) is 0 Å². The molecule has 0 spiro atoms. The number of alkyl halides is 3. The molecule has 2 aromatic rings. The Kier molecular flexibility index (Phi) is 2.90. The largest absolute Gasteiger partial charge is 0.417 e. The standard InChI is InChI=1S/C10H6F3NO4S/c11-10(12,13)7-4-9(15)14-8-2-1-5(3-6(7)8)19(16,17)18/h1-4H,(H,14,15)(H,16,17,18). The molecule has 2 N–H and O–H groups in total. The predicted octanol–water partition coefficient (Wildman–Crippen LogP) is 1.79. The van der Waals surface area contributed by atoms with Gasteiger partial charge in [0.25, 0.3) is 10.1 Å². The van der Waals surface area contributed by atoms with E-state index in [-0.39, 0.29) is 5.52 Å². The fraction of sp³-hybridized carbons (Fsp3) is 0.100. The van der Waals surface area contributed by atoms with Crippen molar-refractivity contribution >= 4 is 21.0 Å². The van der Waals surface area contributed by atoms with Crippen molar-refractivity contribution in [2.24, 2.45) is 0 Å². The summed E-state index contributed by atoms with van der Waals surface area (Å²) in [6.07, 6.45) is -4.82. The Bertz CT molecular complexity index is 808. The minimum atomic E-state index is -4.82. The molecule has 0 amide bonds. The maximum absolute atomic E-state index is 12.8. The number of hydrogen-bond acceptors (Lipinski definition) is 3. The third-order valence-electron chi connectivity index (χ3n) is 2.42. The molecule has 0 radical (unpaired) electrons. The second-order valence-electron chi connectivity index (χ2n) is 3.73. The zero-order valence-electron chi connectivity index (χ0n) is 9.02. The second kappa shape index (κ2) is 4.07. The van der Waals surface area contributed by atoms with E-state index in [9.17, 15) is 26.4 Å². The first-order valence-corrected chi connectivity index (χ1v) is 6.25. The minimum absolute atomic E-state index is 0.174. The topological polar surface area (TPSA) is 87.2 Å². The van der Waals surface area contributed by atoms with Gasteiger partial charge in [-0.15, -0.1) is 0 Å². The molecule has 0 saturated heterocycles. The van der Waals surface area contributed by atoms with E-state index in [1.165, 1.54) is 0 Å². The molecule has 0 atom stereocenters. The van der Waals surface area contributed by atoms with E-state index in [1.54, 1.807) is 0 Å². The molecule has 1 aromatic heterocycles. The summed E-state index contributed by atoms with van der Waals surface area (Å²) < 4.78 is 68.9. The van der Waals surface area contributed by atoms with Crippen molar-refractivity contribution in [3.8, 4) is 0 Å². The van der Waals surface area contributed by atoms with Crippen LogP contribution in [0.1, 0.15) is 5.56 Å². The summed E-state index contributed by atoms with van der Waals surface area (Å²) in [5.74, 6) is 0. The van der Waals surface area contributed by atoms with E-state index in [2.05, 4.69) is 4.98 Å². The highest BCUT2D eigenvalue weighted by Gasteiger charge is 2.33. The van der Waals surface area contributed by atoms with Crippen molar-refractivity contribution in [2.45, 2.75) is 11.1 Å². The molecule has 9 heteroatoms. The van der Waals surface area contributed by atoms with Gasteiger partial charge in [-0.25, -0.2) is 0 Å². The normalized spacial score (nSPS) is 12.8. The molecule has 0 fully saturated rings. The number of nitrogens with one attached hydrogen (secondary N) is 1. The molecule has 1 aromatic carbocycles. The van der Waals surface area contributed by atoms with E-state index in [4.69, 9.17) is 4.55 Å². The van der Waals surface area contributed by atoms with Crippen LogP contribution >= 0.6 is 0 Å². The smallest absolute Gasteiger partial charge is 0.322 e. The number of pyridine rings is 1. The van der Waals surface area contributed by atoms with Crippen LogP contribution in [0.25, 0.3) is 10.9 Å². The van der Waals surface area contributed by atoms with Gasteiger partial charge in [-0.1, -0.05) is 0 Å². The lowest BCUT2D eigenvalue weighted by atomic mass is 10.1. The maximum Gasteiger partial charge on any atom is 0.417 e. The summed E-state index contributed by atoms with van der Waals surface area (Å²) in [7, 11) is -4.63. The van der Waals surface area contributed by atoms with Gasteiger partial charge in [0.2, 0.25) is 5.56 Å². The van der Waals surface area contributed by atoms with Crippen LogP contribution in [0, 0.1) is 0 Å². The Morgan fingerprint density at radius 1 is 1.16 bits per heavy atom. The van der Waals surface area contributed by atoms with Crippen LogP contribution < -0.4 is 5.56 Å². The summed E-state index contributed by atoms with van der Waals surface area (Å²) in [5.41, 5.74) is -2.40. The van der Waals surface area contributed by atoms with Crippen LogP contribution in [-0.2, 0) is 16.3 Å². The van der Waals surface area contributed by atoms with Crippen LogP contribution in [0.5, 0.6) is 0 Å². The zero-order valence-corrected chi connectivity index (χ0v) is 9.84. The van der Waals surface area contributed by atoms with Gasteiger partial charge in [0.05, 0.1) is 10.5 Å². The van der Waals surface area contributed by atoms with E-state index in [0.29, 0.717) is 12.1 Å². The summed E-state index contributed by atoms with van der Waals surface area (Å²) in [5, 5.41) is -0.512. The van der Waals surface area contributed by atoms with Crippen molar-refractivity contribution in [1.29, 1.82) is 0 Å². The summed E-state index contributed by atoms with van der Waals surface area (Å²) in [6, 6.07) is 2.86. The van der Waals surface area contributed by atoms with Crippen molar-refractivity contribution in [3.63, 3.8) is 0 Å². The van der Waals surface area contributed by atoms with Crippen LogP contribution in [0.3, 0.4) is 0 Å². The number of hydrogen-bond donors (Lipinski definition) is 2. The van der Waals surface area contributed by atoms with Gasteiger partial charge in [0, 0.05) is 17.0 Å². The zero-order chi connectivity index (χ0) is 14.4. The number of aromatic amines is 1. The molecule has 0 unspecified atom stereocenters. The third kappa shape index (κ3) is 2.61. The molecule has 102 valence electrons. The molecule has 0 aliphatic carbocycles. The number of rotatable bonds is 1. The highest BCUT2D eigenvalue weighted by atomic mass is 32.2. The summed E-state index contributed by atoms with van der Waals surface area (Å²) in [6.45, 7) is 0. The molecule has 5 nitrogen and oxygen atoms in total. The molecule has 0 bridgehead atoms. The lowest BCUT2D eigenvalue weighted by Crippen LogP contribution is -2.14. The summed E-state index contributed by atoms with van der Waals surface area (Å²) in [4.78, 5) is 12.6. The minimum Gasteiger partial charge on any atom is -0.322 e. The number of fused-ring (bicyclic) bond motifs is 1. The van der Waals surface area contributed by atoms with Crippen molar-refractivity contribution in [2.75, 3.05) is 0 Å². The fourth-order valence-electron chi connectivity index (χ4n) is 1.63. The molecule has 1 heterocycles. The van der Waals surface area contributed by atoms with E-state index < -0.39 is 37.7 Å². The molecule has 0 aliphatic heterocycles. The summed E-state index contributed by atoms with van der Waals surface area (Å²) >= 11 is 0. The van der Waals surface area contributed by atoms with Gasteiger partial charge >= 0.3 is 6.18 Å². The monoisotopic (exact) mass is 293 g/mol. The Hall–Kier alpha value is -1.87. The first-order chi connectivity index (χ1) is 8.59. The van der Waals surface area contributed by atoms with Gasteiger partial charge in [-0.3, -0.25) is 9.35 Å². The molecule has 0 saturated carbocycles. The average molecular weight is 293 g/mol. The van der Waals surface area contributed by atoms with Crippen LogP contribution in [-0.4, -0.2) is 18.0 Å². The lowest BCUT2D eigenvalue weighted by molar-refractivity contribution is -0.136. The van der Waals surface area contributed by atoms with Crippen LogP contribution in [0.15, 0.2) is 34.0 Å². The second-order valence-corrected chi connectivity index (χ2v) is 5.15. The Morgan fingerprint density at radius 3 is 2.32 bits per heavy atom. The van der Waals surface area contributed by atoms with E-state index in [1.807, 2.05) is 0 Å². The van der Waals surface area contributed by atoms with Gasteiger partial charge < -0.3 is 4.98 Å². The van der Waals surface area contributed by atoms with Crippen molar-refractivity contribution < 1.29 is 26.1 Å². The Balaban J connectivity index is 2.92. The number of halogens is 3. The molecule has 2 rings (SSSR count). The molecular weight excluding hydrogens is 287 g/mol. The van der Waals surface area contributed by atoms with Gasteiger partial charge in [0.15, 0.2) is 0 Å². The molecule has 19 heavy (non-hydrogen) atoms. The van der Waals surface area contributed by atoms with Gasteiger partial charge in [-0.2, -0.15) is 21.6 Å². The number of benzene rings is 1. The van der Waals surface area contributed by atoms with Crippen LogP contribution in [0.4, 0.5) is 13.2 Å². The Labute approximate surface area is 104 Å². The highest BCUT2D eigenvalue weighted by molar-refractivity contribution is 7.85. The average Bonchev–Trinajstić information content (AvgIpc) is 2.24. The van der Waals surface area contributed by atoms with Crippen molar-refractivity contribution in [1.82, 2.24) is 4.98 Å². The fourth-order valence-corrected chi connectivity index (χ4v) is 2.13. The van der Waals surface area contributed by atoms with Gasteiger partial charge in [-0.05, 0) is 18.2 Å². The molecular formula is C10H6F3NO4S. The van der Waals surface area contributed by atoms with Crippen molar-refractivity contribution in [3.05, 3.63) is 40.2 Å². The first kappa shape index (κ1) is 13.6. The number of aromatic nitrogens is 1. The molecule has 0 aliphatic rings. The Morgan fingerprint density at radius 2 is 1.79 bits per heavy atom.